The van der Waals surface area contributed by atoms with Crippen molar-refractivity contribution in [3.8, 4) is 33.8 Å². The number of aromatic nitrogens is 3. The molecular weight excluding hydrogens is 391 g/mol. The van der Waals surface area contributed by atoms with Gasteiger partial charge in [-0.15, -0.1) is 0 Å². The lowest BCUT2D eigenvalue weighted by Gasteiger charge is -2.09. The molecule has 0 aliphatic carbocycles. The highest BCUT2D eigenvalue weighted by Crippen LogP contribution is 2.30. The lowest BCUT2D eigenvalue weighted by atomic mass is 10.0. The van der Waals surface area contributed by atoms with E-state index in [4.69, 9.17) is 33.9 Å². The minimum atomic E-state index is 0.494. The molecule has 2 N–H and O–H groups in total. The Morgan fingerprint density at radius 1 is 0.750 bits per heavy atom. The van der Waals surface area contributed by atoms with Gasteiger partial charge in [-0.3, -0.25) is 0 Å². The number of pyridine rings is 1. The van der Waals surface area contributed by atoms with Crippen molar-refractivity contribution in [3.63, 3.8) is 0 Å². The summed E-state index contributed by atoms with van der Waals surface area (Å²) in [6.07, 6.45) is 1.76. The Morgan fingerprint density at radius 2 is 1.54 bits per heavy atom. The maximum atomic E-state index is 6.17. The molecule has 6 heteroatoms. The molecule has 0 fully saturated rings. The third-order valence-corrected chi connectivity index (χ3v) is 5.05. The summed E-state index contributed by atoms with van der Waals surface area (Å²) in [6.45, 7) is 1.94. The number of rotatable bonds is 3. The first-order valence-electron chi connectivity index (χ1n) is 8.63. The number of nitrogens with two attached hydrogens (primary N) is 1. The average molecular weight is 407 g/mol. The van der Waals surface area contributed by atoms with Crippen molar-refractivity contribution in [2.45, 2.75) is 6.92 Å². The Balaban J connectivity index is 1.77. The van der Waals surface area contributed by atoms with Crippen LogP contribution in [0, 0.1) is 6.92 Å². The predicted molar refractivity (Wildman–Crippen MR) is 115 cm³/mol. The van der Waals surface area contributed by atoms with Crippen molar-refractivity contribution in [1.82, 2.24) is 15.0 Å². The van der Waals surface area contributed by atoms with Gasteiger partial charge in [0.05, 0.1) is 15.7 Å². The second-order valence-electron chi connectivity index (χ2n) is 6.40. The van der Waals surface area contributed by atoms with E-state index in [1.165, 1.54) is 0 Å². The molecular formula is C22H16Cl2N4. The number of benzene rings is 2. The summed E-state index contributed by atoms with van der Waals surface area (Å²) < 4.78 is 0. The van der Waals surface area contributed by atoms with Gasteiger partial charge in [-0.1, -0.05) is 47.5 Å². The van der Waals surface area contributed by atoms with Crippen LogP contribution in [0.15, 0.2) is 66.9 Å². The summed E-state index contributed by atoms with van der Waals surface area (Å²) in [5.41, 5.74) is 11.1. The minimum Gasteiger partial charge on any atom is -0.384 e. The molecule has 4 rings (SSSR count). The molecule has 0 saturated heterocycles. The van der Waals surface area contributed by atoms with Gasteiger partial charge >= 0.3 is 0 Å². The van der Waals surface area contributed by atoms with Gasteiger partial charge in [0.25, 0.3) is 0 Å². The van der Waals surface area contributed by atoms with Gasteiger partial charge < -0.3 is 5.73 Å². The summed E-state index contributed by atoms with van der Waals surface area (Å²) >= 11 is 12.2. The molecule has 0 atom stereocenters. The van der Waals surface area contributed by atoms with E-state index in [2.05, 4.69) is 9.97 Å². The van der Waals surface area contributed by atoms with Gasteiger partial charge in [-0.05, 0) is 48.9 Å². The highest BCUT2D eigenvalue weighted by Gasteiger charge is 2.10. The van der Waals surface area contributed by atoms with E-state index >= 15 is 0 Å². The molecule has 0 amide bonds. The van der Waals surface area contributed by atoms with Gasteiger partial charge in [-0.25, -0.2) is 15.0 Å². The number of nitrogens with zero attached hydrogens (tertiary/aromatic N) is 3. The van der Waals surface area contributed by atoms with Crippen LogP contribution >= 0.6 is 23.2 Å². The van der Waals surface area contributed by atoms with E-state index in [0.717, 1.165) is 33.6 Å². The van der Waals surface area contributed by atoms with Gasteiger partial charge in [0.15, 0.2) is 5.82 Å². The molecule has 0 aliphatic rings. The molecule has 0 spiro atoms. The van der Waals surface area contributed by atoms with Crippen LogP contribution in [0.3, 0.4) is 0 Å². The van der Waals surface area contributed by atoms with Crippen LogP contribution in [0.2, 0.25) is 10.0 Å². The third-order valence-electron chi connectivity index (χ3n) is 4.31. The Hall–Kier alpha value is -2.95. The van der Waals surface area contributed by atoms with Crippen molar-refractivity contribution in [1.29, 1.82) is 0 Å². The lowest BCUT2D eigenvalue weighted by molar-refractivity contribution is 1.11. The topological polar surface area (TPSA) is 64.7 Å². The van der Waals surface area contributed by atoms with E-state index in [1.54, 1.807) is 18.3 Å². The van der Waals surface area contributed by atoms with Crippen LogP contribution in [-0.2, 0) is 0 Å². The standard InChI is InChI=1S/C22H16Cl2N4/c1-13-9-20(15-5-7-18(23)19(24)11-15)28-22(27-13)16-4-2-3-14(10-16)17-6-8-21(25)26-12-17/h2-12H,1H3,(H2,25,26). The van der Waals surface area contributed by atoms with Crippen LogP contribution < -0.4 is 5.73 Å². The molecule has 2 aromatic heterocycles. The minimum absolute atomic E-state index is 0.494. The maximum Gasteiger partial charge on any atom is 0.160 e. The van der Waals surface area contributed by atoms with Crippen molar-refractivity contribution < 1.29 is 0 Å². The van der Waals surface area contributed by atoms with Crippen LogP contribution in [0.1, 0.15) is 5.69 Å². The van der Waals surface area contributed by atoms with Crippen molar-refractivity contribution in [3.05, 3.63) is 82.6 Å². The van der Waals surface area contributed by atoms with Crippen molar-refractivity contribution >= 4 is 29.0 Å². The lowest BCUT2D eigenvalue weighted by Crippen LogP contribution is -1.95. The Labute approximate surface area is 173 Å². The molecule has 0 bridgehead atoms. The van der Waals surface area contributed by atoms with E-state index in [0.29, 0.717) is 21.7 Å². The molecule has 2 heterocycles. The number of halogens is 2. The fraction of sp³-hybridized carbons (Fsp3) is 0.0455. The van der Waals surface area contributed by atoms with Crippen LogP contribution in [0.5, 0.6) is 0 Å². The molecule has 4 nitrogen and oxygen atoms in total. The van der Waals surface area contributed by atoms with E-state index in [9.17, 15) is 0 Å². The summed E-state index contributed by atoms with van der Waals surface area (Å²) in [7, 11) is 0. The molecule has 28 heavy (non-hydrogen) atoms. The number of anilines is 1. The predicted octanol–water partition coefficient (Wildman–Crippen LogP) is 6.07. The summed E-state index contributed by atoms with van der Waals surface area (Å²) in [6, 6.07) is 19.2. The highest BCUT2D eigenvalue weighted by atomic mass is 35.5. The second-order valence-corrected chi connectivity index (χ2v) is 7.21. The fourth-order valence-corrected chi connectivity index (χ4v) is 3.21. The van der Waals surface area contributed by atoms with E-state index in [-0.39, 0.29) is 0 Å². The number of nitrogen functional groups attached to an aromatic ring is 1. The van der Waals surface area contributed by atoms with E-state index in [1.807, 2.05) is 55.5 Å². The Kier molecular flexibility index (Phi) is 4.99. The number of hydrogen-bond acceptors (Lipinski definition) is 4. The average Bonchev–Trinajstić information content (AvgIpc) is 2.70. The molecule has 0 radical (unpaired) electrons. The van der Waals surface area contributed by atoms with Gasteiger partial charge in [0.2, 0.25) is 0 Å². The van der Waals surface area contributed by atoms with Gasteiger partial charge in [0.1, 0.15) is 5.82 Å². The molecule has 0 aliphatic heterocycles. The monoisotopic (exact) mass is 406 g/mol. The van der Waals surface area contributed by atoms with Crippen LogP contribution in [-0.4, -0.2) is 15.0 Å². The van der Waals surface area contributed by atoms with Crippen LogP contribution in [0.25, 0.3) is 33.8 Å². The fourth-order valence-electron chi connectivity index (χ4n) is 2.91. The Bertz CT molecular complexity index is 1160. The first kappa shape index (κ1) is 18.4. The molecule has 0 saturated carbocycles. The summed E-state index contributed by atoms with van der Waals surface area (Å²) in [5, 5.41) is 1.01. The zero-order chi connectivity index (χ0) is 19.7. The highest BCUT2D eigenvalue weighted by molar-refractivity contribution is 6.42. The first-order chi connectivity index (χ1) is 13.5. The maximum absolute atomic E-state index is 6.17. The second kappa shape index (κ2) is 7.58. The first-order valence-corrected chi connectivity index (χ1v) is 9.38. The summed E-state index contributed by atoms with van der Waals surface area (Å²) in [5.74, 6) is 1.14. The molecule has 2 aromatic carbocycles. The Morgan fingerprint density at radius 3 is 2.29 bits per heavy atom. The summed E-state index contributed by atoms with van der Waals surface area (Å²) in [4.78, 5) is 13.5. The van der Waals surface area contributed by atoms with E-state index < -0.39 is 0 Å². The number of hydrogen-bond donors (Lipinski definition) is 1. The van der Waals surface area contributed by atoms with Crippen molar-refractivity contribution in [2.24, 2.45) is 0 Å². The molecule has 4 aromatic rings. The normalized spacial score (nSPS) is 10.8. The van der Waals surface area contributed by atoms with Crippen LogP contribution in [0.4, 0.5) is 5.82 Å². The zero-order valence-corrected chi connectivity index (χ0v) is 16.5. The molecule has 138 valence electrons. The van der Waals surface area contributed by atoms with Gasteiger partial charge in [-0.2, -0.15) is 0 Å². The van der Waals surface area contributed by atoms with Gasteiger partial charge in [0, 0.05) is 28.6 Å². The quantitative estimate of drug-likeness (QED) is 0.448. The molecule has 0 unspecified atom stereocenters. The number of aryl methyl sites for hydroxylation is 1. The SMILES string of the molecule is Cc1cc(-c2ccc(Cl)c(Cl)c2)nc(-c2cccc(-c3ccc(N)nc3)c2)n1. The largest absolute Gasteiger partial charge is 0.384 e. The smallest absolute Gasteiger partial charge is 0.160 e. The zero-order valence-electron chi connectivity index (χ0n) is 15.0. The van der Waals surface area contributed by atoms with Crippen molar-refractivity contribution in [2.75, 3.05) is 5.73 Å². The third kappa shape index (κ3) is 3.84.